The molecule has 3 atom stereocenters. The van der Waals surface area contributed by atoms with Gasteiger partial charge in [0, 0.05) is 31.3 Å². The molecule has 2 aliphatic carbocycles. The minimum Gasteiger partial charge on any atom is -0.378 e. The molecule has 3 unspecified atom stereocenters. The Balaban J connectivity index is 1.40. The number of hydrogen-bond acceptors (Lipinski definition) is 5. The smallest absolute Gasteiger partial charge is 0.242 e. The van der Waals surface area contributed by atoms with Crippen molar-refractivity contribution >= 4 is 15.8 Å². The number of fused-ring (bicyclic) bond motifs is 1. The number of nitrogens with zero attached hydrogens (tertiary/aromatic N) is 1. The Morgan fingerprint density at radius 2 is 2.04 bits per heavy atom. The van der Waals surface area contributed by atoms with Gasteiger partial charge in [0.25, 0.3) is 0 Å². The molecule has 3 aliphatic rings. The summed E-state index contributed by atoms with van der Waals surface area (Å²) in [5, 5.41) is 3.48. The van der Waals surface area contributed by atoms with Crippen molar-refractivity contribution in [1.29, 1.82) is 0 Å². The average molecular weight is 351 g/mol. The lowest BCUT2D eigenvalue weighted by atomic mass is 9.82. The van der Waals surface area contributed by atoms with Gasteiger partial charge in [0.05, 0.1) is 6.10 Å². The normalized spacial score (nSPS) is 30.1. The quantitative estimate of drug-likeness (QED) is 0.821. The molecule has 1 aromatic rings. The lowest BCUT2D eigenvalue weighted by Crippen LogP contribution is -2.38. The van der Waals surface area contributed by atoms with Gasteiger partial charge < -0.3 is 10.1 Å². The highest BCUT2D eigenvalue weighted by molar-refractivity contribution is 7.89. The molecule has 0 amide bonds. The maximum atomic E-state index is 12.2. The molecule has 0 spiro atoms. The third-order valence-electron chi connectivity index (χ3n) is 5.42. The Morgan fingerprint density at radius 3 is 2.79 bits per heavy atom. The first-order chi connectivity index (χ1) is 11.6. The molecular weight excluding hydrogens is 326 g/mol. The summed E-state index contributed by atoms with van der Waals surface area (Å²) < 4.78 is 32.9. The van der Waals surface area contributed by atoms with Crippen molar-refractivity contribution in [3.8, 4) is 0 Å². The molecule has 6 nitrogen and oxygen atoms in total. The summed E-state index contributed by atoms with van der Waals surface area (Å²) in [5.41, 5.74) is 0. The molecule has 0 radical (unpaired) electrons. The van der Waals surface area contributed by atoms with Crippen LogP contribution < -0.4 is 10.0 Å². The van der Waals surface area contributed by atoms with Crippen molar-refractivity contribution in [1.82, 2.24) is 9.71 Å². The largest absolute Gasteiger partial charge is 0.378 e. The first kappa shape index (κ1) is 16.3. The van der Waals surface area contributed by atoms with E-state index in [-0.39, 0.29) is 4.90 Å². The highest BCUT2D eigenvalue weighted by Crippen LogP contribution is 2.35. The summed E-state index contributed by atoms with van der Waals surface area (Å²) >= 11 is 0. The summed E-state index contributed by atoms with van der Waals surface area (Å²) in [5.74, 6) is 1.81. The number of pyridine rings is 1. The van der Waals surface area contributed by atoms with Crippen LogP contribution in [0.1, 0.15) is 38.5 Å². The number of aromatic nitrogens is 1. The highest BCUT2D eigenvalue weighted by Gasteiger charge is 2.37. The monoisotopic (exact) mass is 351 g/mol. The maximum Gasteiger partial charge on any atom is 0.242 e. The molecule has 4 rings (SSSR count). The standard InChI is InChI=1S/C17H25N3O3S/c21-24(22,19-10-12-4-5-12)13-6-7-17(18-11-13)20-15-2-1-3-16-14(15)8-9-23-16/h6-7,11-12,14-16,19H,1-5,8-10H2,(H,18,20). The molecule has 1 aliphatic heterocycles. The van der Waals surface area contributed by atoms with Crippen molar-refractivity contribution in [2.24, 2.45) is 11.8 Å². The predicted molar refractivity (Wildman–Crippen MR) is 91.3 cm³/mol. The van der Waals surface area contributed by atoms with Gasteiger partial charge in [0.15, 0.2) is 0 Å². The van der Waals surface area contributed by atoms with E-state index in [1.165, 1.54) is 6.20 Å². The van der Waals surface area contributed by atoms with E-state index in [1.807, 2.05) is 0 Å². The number of sulfonamides is 1. The van der Waals surface area contributed by atoms with E-state index >= 15 is 0 Å². The number of rotatable bonds is 6. The van der Waals surface area contributed by atoms with Crippen molar-refractivity contribution in [2.45, 2.75) is 55.6 Å². The van der Waals surface area contributed by atoms with E-state index in [2.05, 4.69) is 15.0 Å². The van der Waals surface area contributed by atoms with Crippen LogP contribution in [0.5, 0.6) is 0 Å². The Kier molecular flexibility index (Phi) is 4.49. The lowest BCUT2D eigenvalue weighted by Gasteiger charge is -2.33. The van der Waals surface area contributed by atoms with Gasteiger partial charge in [0.1, 0.15) is 10.7 Å². The Labute approximate surface area is 143 Å². The van der Waals surface area contributed by atoms with Gasteiger partial charge in [0.2, 0.25) is 10.0 Å². The van der Waals surface area contributed by atoms with Crippen LogP contribution in [0.3, 0.4) is 0 Å². The molecule has 2 heterocycles. The van der Waals surface area contributed by atoms with E-state index in [0.717, 1.165) is 50.9 Å². The maximum absolute atomic E-state index is 12.2. The lowest BCUT2D eigenvalue weighted by molar-refractivity contribution is 0.0619. The molecule has 2 saturated carbocycles. The van der Waals surface area contributed by atoms with Gasteiger partial charge in [-0.25, -0.2) is 18.1 Å². The first-order valence-corrected chi connectivity index (χ1v) is 10.4. The first-order valence-electron chi connectivity index (χ1n) is 8.96. The van der Waals surface area contributed by atoms with Gasteiger partial charge in [-0.15, -0.1) is 0 Å². The van der Waals surface area contributed by atoms with Crippen molar-refractivity contribution in [2.75, 3.05) is 18.5 Å². The topological polar surface area (TPSA) is 80.3 Å². The Hall–Kier alpha value is -1.18. The van der Waals surface area contributed by atoms with Gasteiger partial charge in [-0.3, -0.25) is 0 Å². The third kappa shape index (κ3) is 3.58. The van der Waals surface area contributed by atoms with E-state index < -0.39 is 10.0 Å². The van der Waals surface area contributed by atoms with Crippen molar-refractivity contribution in [3.05, 3.63) is 18.3 Å². The van der Waals surface area contributed by atoms with E-state index in [1.54, 1.807) is 12.1 Å². The van der Waals surface area contributed by atoms with Gasteiger partial charge in [-0.2, -0.15) is 0 Å². The van der Waals surface area contributed by atoms with Crippen LogP contribution in [0.2, 0.25) is 0 Å². The van der Waals surface area contributed by atoms with Crippen LogP contribution in [0.25, 0.3) is 0 Å². The zero-order valence-corrected chi connectivity index (χ0v) is 14.6. The van der Waals surface area contributed by atoms with E-state index in [0.29, 0.717) is 30.5 Å². The zero-order valence-electron chi connectivity index (χ0n) is 13.8. The number of anilines is 1. The van der Waals surface area contributed by atoms with Crippen LogP contribution in [-0.2, 0) is 14.8 Å². The van der Waals surface area contributed by atoms with Gasteiger partial charge in [-0.05, 0) is 56.6 Å². The fourth-order valence-corrected chi connectivity index (χ4v) is 4.86. The molecule has 132 valence electrons. The molecule has 0 aromatic carbocycles. The van der Waals surface area contributed by atoms with Crippen LogP contribution >= 0.6 is 0 Å². The SMILES string of the molecule is O=S(=O)(NCC1CC1)c1ccc(NC2CCCC3OCCC23)nc1. The number of ether oxygens (including phenoxy) is 1. The fraction of sp³-hybridized carbons (Fsp3) is 0.706. The molecule has 0 bridgehead atoms. The highest BCUT2D eigenvalue weighted by atomic mass is 32.2. The minimum absolute atomic E-state index is 0.236. The second-order valence-corrected chi connectivity index (χ2v) is 8.98. The second-order valence-electron chi connectivity index (χ2n) is 7.22. The van der Waals surface area contributed by atoms with Gasteiger partial charge in [-0.1, -0.05) is 0 Å². The summed E-state index contributed by atoms with van der Waals surface area (Å²) in [6, 6.07) is 3.77. The Morgan fingerprint density at radius 1 is 1.17 bits per heavy atom. The minimum atomic E-state index is -3.44. The van der Waals surface area contributed by atoms with E-state index in [9.17, 15) is 8.42 Å². The van der Waals surface area contributed by atoms with Crippen LogP contribution in [0.4, 0.5) is 5.82 Å². The molecule has 1 saturated heterocycles. The predicted octanol–water partition coefficient (Wildman–Crippen LogP) is 2.14. The van der Waals surface area contributed by atoms with E-state index in [4.69, 9.17) is 4.74 Å². The second kappa shape index (κ2) is 6.61. The molecule has 1 aromatic heterocycles. The molecule has 7 heteroatoms. The van der Waals surface area contributed by atoms with Crippen molar-refractivity contribution in [3.63, 3.8) is 0 Å². The summed E-state index contributed by atoms with van der Waals surface area (Å²) in [6.45, 7) is 1.39. The zero-order chi connectivity index (χ0) is 16.6. The molecule has 3 fully saturated rings. The Bertz CT molecular complexity index is 673. The summed E-state index contributed by atoms with van der Waals surface area (Å²) in [4.78, 5) is 4.56. The molecule has 2 N–H and O–H groups in total. The van der Waals surface area contributed by atoms with Gasteiger partial charge >= 0.3 is 0 Å². The summed E-state index contributed by atoms with van der Waals surface area (Å²) in [6.07, 6.45) is 8.60. The van der Waals surface area contributed by atoms with Crippen LogP contribution in [0, 0.1) is 11.8 Å². The number of hydrogen-bond donors (Lipinski definition) is 2. The number of nitrogens with one attached hydrogen (secondary N) is 2. The van der Waals surface area contributed by atoms with Crippen molar-refractivity contribution < 1.29 is 13.2 Å². The fourth-order valence-electron chi connectivity index (χ4n) is 3.80. The third-order valence-corrected chi connectivity index (χ3v) is 6.83. The summed E-state index contributed by atoms with van der Waals surface area (Å²) in [7, 11) is -3.44. The van der Waals surface area contributed by atoms with Crippen LogP contribution in [-0.4, -0.2) is 38.7 Å². The average Bonchev–Trinajstić information content (AvgIpc) is 3.29. The molecule has 24 heavy (non-hydrogen) atoms. The molecular formula is C17H25N3O3S. The van der Waals surface area contributed by atoms with Crippen LogP contribution in [0.15, 0.2) is 23.2 Å².